The summed E-state index contributed by atoms with van der Waals surface area (Å²) >= 11 is 3.41. The highest BCUT2D eigenvalue weighted by Gasteiger charge is 2.15. The molecule has 0 spiro atoms. The summed E-state index contributed by atoms with van der Waals surface area (Å²) in [7, 11) is 1.56. The molecular weight excluding hydrogens is 322 g/mol. The van der Waals surface area contributed by atoms with Crippen molar-refractivity contribution in [1.82, 2.24) is 5.32 Å². The van der Waals surface area contributed by atoms with Gasteiger partial charge in [0.2, 0.25) is 0 Å². The quantitative estimate of drug-likeness (QED) is 0.822. The Morgan fingerprint density at radius 3 is 2.65 bits per heavy atom. The minimum atomic E-state index is -0.104. The highest BCUT2D eigenvalue weighted by Crippen LogP contribution is 2.36. The average molecular weight is 344 g/mol. The van der Waals surface area contributed by atoms with Crippen LogP contribution in [0, 0.1) is 5.92 Å². The molecule has 0 saturated carbocycles. The number of methoxy groups -OCH3 is 1. The number of halogens is 1. The van der Waals surface area contributed by atoms with Crippen molar-refractivity contribution in [3.8, 4) is 11.5 Å². The van der Waals surface area contributed by atoms with Crippen LogP contribution >= 0.6 is 15.9 Å². The van der Waals surface area contributed by atoms with E-state index < -0.39 is 0 Å². The lowest BCUT2D eigenvalue weighted by molar-refractivity contribution is 0.0951. The van der Waals surface area contributed by atoms with Gasteiger partial charge in [-0.25, -0.2) is 0 Å². The van der Waals surface area contributed by atoms with Crippen molar-refractivity contribution in [3.05, 3.63) is 22.2 Å². The van der Waals surface area contributed by atoms with E-state index in [9.17, 15) is 4.79 Å². The van der Waals surface area contributed by atoms with Gasteiger partial charge in [-0.05, 0) is 47.3 Å². The van der Waals surface area contributed by atoms with Crippen molar-refractivity contribution < 1.29 is 14.3 Å². The number of nitrogens with one attached hydrogen (secondary N) is 1. The number of carbonyl (C=O) groups excluding carboxylic acids is 1. The van der Waals surface area contributed by atoms with Crippen molar-refractivity contribution in [2.45, 2.75) is 27.2 Å². The zero-order valence-corrected chi connectivity index (χ0v) is 14.0. The molecule has 0 aliphatic carbocycles. The number of carbonyl (C=O) groups is 1. The molecule has 0 atom stereocenters. The van der Waals surface area contributed by atoms with Gasteiger partial charge in [-0.15, -0.1) is 0 Å². The minimum absolute atomic E-state index is 0.104. The van der Waals surface area contributed by atoms with Gasteiger partial charge in [-0.2, -0.15) is 0 Å². The van der Waals surface area contributed by atoms with Crippen LogP contribution in [0.25, 0.3) is 0 Å². The molecule has 112 valence electrons. The molecule has 0 aliphatic heterocycles. The Kier molecular flexibility index (Phi) is 6.85. The molecule has 0 saturated heterocycles. The monoisotopic (exact) mass is 343 g/mol. The number of hydrogen-bond acceptors (Lipinski definition) is 3. The molecule has 20 heavy (non-hydrogen) atoms. The van der Waals surface area contributed by atoms with Crippen LogP contribution in [0.2, 0.25) is 0 Å². The molecule has 1 N–H and O–H groups in total. The predicted octanol–water partition coefficient (Wildman–Crippen LogP) is 3.63. The summed E-state index contributed by atoms with van der Waals surface area (Å²) in [6, 6.07) is 3.44. The Labute approximate surface area is 129 Å². The van der Waals surface area contributed by atoms with E-state index in [1.54, 1.807) is 19.2 Å². The second-order valence-electron chi connectivity index (χ2n) is 4.86. The van der Waals surface area contributed by atoms with Crippen LogP contribution in [0.15, 0.2) is 16.6 Å². The SMILES string of the molecule is CCOc1c(Br)cc(C(=O)NCCC(C)C)cc1OC. The first-order valence-corrected chi connectivity index (χ1v) is 7.57. The van der Waals surface area contributed by atoms with Gasteiger partial charge >= 0.3 is 0 Å². The van der Waals surface area contributed by atoms with E-state index in [1.807, 2.05) is 6.92 Å². The van der Waals surface area contributed by atoms with Gasteiger partial charge in [-0.3, -0.25) is 4.79 Å². The fourth-order valence-electron chi connectivity index (χ4n) is 1.71. The third kappa shape index (κ3) is 4.71. The first kappa shape index (κ1) is 16.8. The molecule has 0 radical (unpaired) electrons. The second-order valence-corrected chi connectivity index (χ2v) is 5.72. The molecule has 0 aliphatic rings. The Balaban J connectivity index is 2.85. The van der Waals surface area contributed by atoms with E-state index in [-0.39, 0.29) is 5.91 Å². The van der Waals surface area contributed by atoms with Gasteiger partial charge in [-0.1, -0.05) is 13.8 Å². The Morgan fingerprint density at radius 2 is 2.10 bits per heavy atom. The van der Waals surface area contributed by atoms with Gasteiger partial charge in [0.05, 0.1) is 18.2 Å². The third-order valence-electron chi connectivity index (χ3n) is 2.79. The summed E-state index contributed by atoms with van der Waals surface area (Å²) in [5, 5.41) is 2.90. The predicted molar refractivity (Wildman–Crippen MR) is 83.7 cm³/mol. The molecule has 4 nitrogen and oxygen atoms in total. The van der Waals surface area contributed by atoms with Gasteiger partial charge in [0.25, 0.3) is 5.91 Å². The van der Waals surface area contributed by atoms with Gasteiger partial charge in [0.15, 0.2) is 11.5 Å². The van der Waals surface area contributed by atoms with Crippen molar-refractivity contribution in [2.24, 2.45) is 5.92 Å². The maximum atomic E-state index is 12.1. The Morgan fingerprint density at radius 1 is 1.40 bits per heavy atom. The molecule has 0 aromatic heterocycles. The summed E-state index contributed by atoms with van der Waals surface area (Å²) in [6.07, 6.45) is 0.959. The Hall–Kier alpha value is -1.23. The standard InChI is InChI=1S/C15H22BrNO3/c1-5-20-14-12(16)8-11(9-13(14)19-4)15(18)17-7-6-10(2)3/h8-10H,5-7H2,1-4H3,(H,17,18). The zero-order valence-electron chi connectivity index (χ0n) is 12.5. The molecule has 0 unspecified atom stereocenters. The maximum absolute atomic E-state index is 12.1. The number of ether oxygens (including phenoxy) is 2. The average Bonchev–Trinajstić information content (AvgIpc) is 2.40. The van der Waals surface area contributed by atoms with Gasteiger partial charge in [0.1, 0.15) is 0 Å². The van der Waals surface area contributed by atoms with E-state index in [0.717, 1.165) is 6.42 Å². The van der Waals surface area contributed by atoms with Gasteiger partial charge < -0.3 is 14.8 Å². The number of amides is 1. The number of rotatable bonds is 7. The molecule has 0 heterocycles. The van der Waals surface area contributed by atoms with Crippen molar-refractivity contribution >= 4 is 21.8 Å². The van der Waals surface area contributed by atoms with E-state index in [2.05, 4.69) is 35.1 Å². The molecular formula is C15H22BrNO3. The molecule has 0 fully saturated rings. The first-order chi connectivity index (χ1) is 9.49. The van der Waals surface area contributed by atoms with Crippen LogP contribution in [0.3, 0.4) is 0 Å². The summed E-state index contributed by atoms with van der Waals surface area (Å²) in [4.78, 5) is 12.1. The van der Waals surface area contributed by atoms with Crippen LogP contribution in [0.5, 0.6) is 11.5 Å². The molecule has 0 bridgehead atoms. The lowest BCUT2D eigenvalue weighted by Crippen LogP contribution is -2.25. The molecule has 5 heteroatoms. The van der Waals surface area contributed by atoms with Crippen LogP contribution in [0.4, 0.5) is 0 Å². The summed E-state index contributed by atoms with van der Waals surface area (Å²) < 4.78 is 11.5. The largest absolute Gasteiger partial charge is 0.493 e. The lowest BCUT2D eigenvalue weighted by atomic mass is 10.1. The normalized spacial score (nSPS) is 10.5. The van der Waals surface area contributed by atoms with Crippen molar-refractivity contribution in [1.29, 1.82) is 0 Å². The highest BCUT2D eigenvalue weighted by atomic mass is 79.9. The van der Waals surface area contributed by atoms with Crippen LogP contribution in [-0.2, 0) is 0 Å². The van der Waals surface area contributed by atoms with Crippen LogP contribution in [-0.4, -0.2) is 26.2 Å². The minimum Gasteiger partial charge on any atom is -0.493 e. The molecule has 1 aromatic carbocycles. The first-order valence-electron chi connectivity index (χ1n) is 6.78. The lowest BCUT2D eigenvalue weighted by Gasteiger charge is -2.13. The van der Waals surface area contributed by atoms with Crippen LogP contribution < -0.4 is 14.8 Å². The highest BCUT2D eigenvalue weighted by molar-refractivity contribution is 9.10. The third-order valence-corrected chi connectivity index (χ3v) is 3.38. The van der Waals surface area contributed by atoms with Crippen LogP contribution in [0.1, 0.15) is 37.6 Å². The van der Waals surface area contributed by atoms with E-state index in [1.165, 1.54) is 0 Å². The summed E-state index contributed by atoms with van der Waals surface area (Å²) in [5.41, 5.74) is 0.556. The molecule has 1 amide bonds. The maximum Gasteiger partial charge on any atom is 0.251 e. The van der Waals surface area contributed by atoms with E-state index in [0.29, 0.717) is 40.6 Å². The van der Waals surface area contributed by atoms with E-state index >= 15 is 0 Å². The topological polar surface area (TPSA) is 47.6 Å². The zero-order chi connectivity index (χ0) is 15.1. The number of hydrogen-bond donors (Lipinski definition) is 1. The number of benzene rings is 1. The molecule has 1 rings (SSSR count). The van der Waals surface area contributed by atoms with Crippen molar-refractivity contribution in [3.63, 3.8) is 0 Å². The van der Waals surface area contributed by atoms with Crippen molar-refractivity contribution in [2.75, 3.05) is 20.3 Å². The van der Waals surface area contributed by atoms with E-state index in [4.69, 9.17) is 9.47 Å². The Bertz CT molecular complexity index is 461. The summed E-state index contributed by atoms with van der Waals surface area (Å²) in [6.45, 7) is 7.36. The fraction of sp³-hybridized carbons (Fsp3) is 0.533. The fourth-order valence-corrected chi connectivity index (χ4v) is 2.27. The second kappa shape index (κ2) is 8.15. The van der Waals surface area contributed by atoms with Gasteiger partial charge in [0, 0.05) is 12.1 Å². The smallest absolute Gasteiger partial charge is 0.251 e. The molecule has 1 aromatic rings. The summed E-state index contributed by atoms with van der Waals surface area (Å²) in [5.74, 6) is 1.63.